The second kappa shape index (κ2) is 9.57. The number of aliphatic imine (C=N–C) groups is 1. The lowest BCUT2D eigenvalue weighted by molar-refractivity contribution is 0.131. The van der Waals surface area contributed by atoms with Crippen LogP contribution >= 0.6 is 0 Å². The molecule has 3 N–H and O–H groups in total. The zero-order valence-electron chi connectivity index (χ0n) is 14.0. The molecule has 0 saturated carbocycles. The topological polar surface area (TPSA) is 79.0 Å². The Bertz CT molecular complexity index is 454. The summed E-state index contributed by atoms with van der Waals surface area (Å²) in [5, 5.41) is 16.0. The van der Waals surface area contributed by atoms with E-state index in [1.165, 1.54) is 0 Å². The van der Waals surface area contributed by atoms with Crippen LogP contribution in [0.3, 0.4) is 0 Å². The van der Waals surface area contributed by atoms with Crippen molar-refractivity contribution in [3.63, 3.8) is 0 Å². The summed E-state index contributed by atoms with van der Waals surface area (Å²) in [7, 11) is 0. The van der Waals surface area contributed by atoms with Crippen molar-refractivity contribution < 1.29 is 14.3 Å². The minimum atomic E-state index is -0.0173. The summed E-state index contributed by atoms with van der Waals surface area (Å²) in [5.74, 6) is 1.79. The zero-order chi connectivity index (χ0) is 16.4. The molecule has 0 amide bonds. The summed E-state index contributed by atoms with van der Waals surface area (Å²) < 4.78 is 10.9. The van der Waals surface area contributed by atoms with E-state index in [1.807, 2.05) is 12.1 Å². The maximum Gasteiger partial charge on any atom is 0.191 e. The lowest BCUT2D eigenvalue weighted by atomic mass is 9.84. The molecule has 6 nitrogen and oxygen atoms in total. The molecule has 130 valence electrons. The number of hydrogen-bond donors (Lipinski definition) is 3. The number of hydrogen-bond acceptors (Lipinski definition) is 4. The molecule has 6 heteroatoms. The minimum absolute atomic E-state index is 0.0173. The van der Waals surface area contributed by atoms with Crippen LogP contribution in [-0.2, 0) is 11.2 Å². The standard InChI is InChI=1S/C17H29N3O3/c1-2-8-18-16(19-9-5-15-4-3-11-23-15)20-13-17(6-10-21)7-12-22-14-17/h3-4,11,21H,2,5-10,12-14H2,1H3,(H2,18,19,20). The van der Waals surface area contributed by atoms with Gasteiger partial charge in [-0.05, 0) is 31.4 Å². The number of nitrogens with zero attached hydrogens (tertiary/aromatic N) is 1. The van der Waals surface area contributed by atoms with Gasteiger partial charge in [0.2, 0.25) is 0 Å². The number of nitrogens with one attached hydrogen (secondary N) is 2. The number of ether oxygens (including phenoxy) is 1. The van der Waals surface area contributed by atoms with Crippen LogP contribution in [0.4, 0.5) is 0 Å². The highest BCUT2D eigenvalue weighted by Gasteiger charge is 2.34. The second-order valence-corrected chi connectivity index (χ2v) is 6.12. The average molecular weight is 323 g/mol. The molecule has 1 saturated heterocycles. The van der Waals surface area contributed by atoms with Crippen LogP contribution < -0.4 is 10.6 Å². The molecular formula is C17H29N3O3. The lowest BCUT2D eigenvalue weighted by Gasteiger charge is -2.25. The van der Waals surface area contributed by atoms with Crippen molar-refractivity contribution in [2.45, 2.75) is 32.6 Å². The molecule has 1 aliphatic rings. The van der Waals surface area contributed by atoms with Gasteiger partial charge in [-0.1, -0.05) is 6.92 Å². The largest absolute Gasteiger partial charge is 0.469 e. The van der Waals surface area contributed by atoms with Gasteiger partial charge in [-0.2, -0.15) is 0 Å². The van der Waals surface area contributed by atoms with Crippen molar-refractivity contribution in [3.05, 3.63) is 24.2 Å². The first-order chi connectivity index (χ1) is 11.3. The molecule has 1 aliphatic heterocycles. The van der Waals surface area contributed by atoms with Crippen LogP contribution in [-0.4, -0.2) is 50.5 Å². The Labute approximate surface area is 138 Å². The summed E-state index contributed by atoms with van der Waals surface area (Å²) in [6.07, 6.45) is 5.27. The van der Waals surface area contributed by atoms with E-state index >= 15 is 0 Å². The minimum Gasteiger partial charge on any atom is -0.469 e. The molecule has 1 atom stereocenters. The van der Waals surface area contributed by atoms with Crippen molar-refractivity contribution in [1.82, 2.24) is 10.6 Å². The highest BCUT2D eigenvalue weighted by atomic mass is 16.5. The van der Waals surface area contributed by atoms with E-state index in [-0.39, 0.29) is 12.0 Å². The third kappa shape index (κ3) is 5.88. The van der Waals surface area contributed by atoms with E-state index in [9.17, 15) is 5.11 Å². The maximum absolute atomic E-state index is 9.30. The molecule has 23 heavy (non-hydrogen) atoms. The summed E-state index contributed by atoms with van der Waals surface area (Å²) in [6.45, 7) is 6.09. The molecular weight excluding hydrogens is 294 g/mol. The monoisotopic (exact) mass is 323 g/mol. The van der Waals surface area contributed by atoms with E-state index in [4.69, 9.17) is 14.1 Å². The second-order valence-electron chi connectivity index (χ2n) is 6.12. The van der Waals surface area contributed by atoms with Crippen LogP contribution in [0.25, 0.3) is 0 Å². The van der Waals surface area contributed by atoms with E-state index < -0.39 is 0 Å². The Balaban J connectivity index is 1.87. The Kier molecular flexibility index (Phi) is 7.42. The summed E-state index contributed by atoms with van der Waals surface area (Å²) in [4.78, 5) is 4.73. The highest BCUT2D eigenvalue weighted by Crippen LogP contribution is 2.32. The normalized spacial score (nSPS) is 21.6. The quantitative estimate of drug-likeness (QED) is 0.475. The van der Waals surface area contributed by atoms with Crippen LogP contribution in [0.5, 0.6) is 0 Å². The number of aliphatic hydroxyl groups excluding tert-OH is 1. The van der Waals surface area contributed by atoms with Gasteiger partial charge in [0.05, 0.1) is 19.4 Å². The predicted molar refractivity (Wildman–Crippen MR) is 90.6 cm³/mol. The smallest absolute Gasteiger partial charge is 0.191 e. The Morgan fingerprint density at radius 3 is 2.91 bits per heavy atom. The number of guanidine groups is 1. The van der Waals surface area contributed by atoms with Gasteiger partial charge in [0.25, 0.3) is 0 Å². The van der Waals surface area contributed by atoms with E-state index in [0.717, 1.165) is 57.1 Å². The first-order valence-corrected chi connectivity index (χ1v) is 8.51. The van der Waals surface area contributed by atoms with Crippen molar-refractivity contribution in [1.29, 1.82) is 0 Å². The molecule has 0 radical (unpaired) electrons. The van der Waals surface area contributed by atoms with Crippen LogP contribution in [0.15, 0.2) is 27.8 Å². The molecule has 2 rings (SSSR count). The summed E-state index contributed by atoms with van der Waals surface area (Å²) >= 11 is 0. The van der Waals surface area contributed by atoms with Crippen molar-refractivity contribution in [2.75, 3.05) is 39.5 Å². The van der Waals surface area contributed by atoms with Gasteiger partial charge in [0.1, 0.15) is 5.76 Å². The van der Waals surface area contributed by atoms with Crippen molar-refractivity contribution >= 4 is 5.96 Å². The first-order valence-electron chi connectivity index (χ1n) is 8.51. The summed E-state index contributed by atoms with van der Waals surface area (Å²) in [6, 6.07) is 3.88. The molecule has 2 heterocycles. The zero-order valence-corrected chi connectivity index (χ0v) is 14.0. The van der Waals surface area contributed by atoms with E-state index in [2.05, 4.69) is 17.6 Å². The fraction of sp³-hybridized carbons (Fsp3) is 0.706. The molecule has 0 aliphatic carbocycles. The molecule has 1 aromatic heterocycles. The van der Waals surface area contributed by atoms with Gasteiger partial charge in [0, 0.05) is 38.1 Å². The molecule has 1 unspecified atom stereocenters. The lowest BCUT2D eigenvalue weighted by Crippen LogP contribution is -2.40. The molecule has 0 spiro atoms. The number of rotatable bonds is 9. The van der Waals surface area contributed by atoms with Crippen LogP contribution in [0.2, 0.25) is 0 Å². The third-order valence-electron chi connectivity index (χ3n) is 4.19. The Hall–Kier alpha value is -1.53. The fourth-order valence-corrected chi connectivity index (χ4v) is 2.71. The number of aliphatic hydroxyl groups is 1. The Morgan fingerprint density at radius 1 is 1.39 bits per heavy atom. The predicted octanol–water partition coefficient (Wildman–Crippen LogP) is 1.56. The average Bonchev–Trinajstić information content (AvgIpc) is 3.22. The van der Waals surface area contributed by atoms with Gasteiger partial charge in [0.15, 0.2) is 5.96 Å². The van der Waals surface area contributed by atoms with E-state index in [0.29, 0.717) is 13.2 Å². The molecule has 1 fully saturated rings. The first kappa shape index (κ1) is 17.8. The molecule has 1 aromatic rings. The van der Waals surface area contributed by atoms with Gasteiger partial charge < -0.3 is 24.9 Å². The van der Waals surface area contributed by atoms with E-state index in [1.54, 1.807) is 6.26 Å². The van der Waals surface area contributed by atoms with Gasteiger partial charge >= 0.3 is 0 Å². The van der Waals surface area contributed by atoms with Gasteiger partial charge in [-0.25, -0.2) is 0 Å². The highest BCUT2D eigenvalue weighted by molar-refractivity contribution is 5.79. The fourth-order valence-electron chi connectivity index (χ4n) is 2.71. The van der Waals surface area contributed by atoms with Gasteiger partial charge in [-0.15, -0.1) is 0 Å². The maximum atomic E-state index is 9.30. The van der Waals surface area contributed by atoms with Crippen LogP contribution in [0, 0.1) is 5.41 Å². The Morgan fingerprint density at radius 2 is 2.26 bits per heavy atom. The molecule has 0 bridgehead atoms. The van der Waals surface area contributed by atoms with Crippen LogP contribution in [0.1, 0.15) is 31.9 Å². The SMILES string of the molecule is CCCNC(=NCC1(CCO)CCOC1)NCCc1ccco1. The summed E-state index contributed by atoms with van der Waals surface area (Å²) in [5.41, 5.74) is -0.0173. The van der Waals surface area contributed by atoms with Gasteiger partial charge in [-0.3, -0.25) is 4.99 Å². The van der Waals surface area contributed by atoms with Crippen molar-refractivity contribution in [2.24, 2.45) is 10.4 Å². The molecule has 0 aromatic carbocycles. The number of furan rings is 1. The van der Waals surface area contributed by atoms with Crippen molar-refractivity contribution in [3.8, 4) is 0 Å². The third-order valence-corrected chi connectivity index (χ3v) is 4.19.